The SMILES string of the molecule is CC(=O)N=C1C=C(C)C=C/C1=C1\C=CC=CN1O. The molecule has 0 saturated carbocycles. The van der Waals surface area contributed by atoms with E-state index in [0.717, 1.165) is 16.2 Å². The van der Waals surface area contributed by atoms with Crippen molar-refractivity contribution >= 4 is 11.6 Å². The van der Waals surface area contributed by atoms with Gasteiger partial charge in [-0.3, -0.25) is 10.0 Å². The Hall–Kier alpha value is -2.20. The van der Waals surface area contributed by atoms with Crippen LogP contribution in [0.2, 0.25) is 0 Å². The molecule has 2 aliphatic rings. The number of hydrogen-bond acceptors (Lipinski definition) is 3. The minimum atomic E-state index is -0.262. The van der Waals surface area contributed by atoms with Crippen molar-refractivity contribution < 1.29 is 10.0 Å². The van der Waals surface area contributed by atoms with E-state index < -0.39 is 0 Å². The number of amides is 1. The molecule has 0 unspecified atom stereocenters. The topological polar surface area (TPSA) is 52.9 Å². The molecule has 18 heavy (non-hydrogen) atoms. The van der Waals surface area contributed by atoms with Crippen molar-refractivity contribution in [3.8, 4) is 0 Å². The van der Waals surface area contributed by atoms with E-state index >= 15 is 0 Å². The fourth-order valence-electron chi connectivity index (χ4n) is 1.77. The van der Waals surface area contributed by atoms with E-state index in [1.165, 1.54) is 13.1 Å². The quantitative estimate of drug-likeness (QED) is 0.710. The summed E-state index contributed by atoms with van der Waals surface area (Å²) in [5.41, 5.74) is 2.90. The van der Waals surface area contributed by atoms with Crippen LogP contribution in [0.1, 0.15) is 13.8 Å². The van der Waals surface area contributed by atoms with Crippen molar-refractivity contribution in [2.45, 2.75) is 13.8 Å². The van der Waals surface area contributed by atoms with Crippen molar-refractivity contribution in [2.24, 2.45) is 4.99 Å². The maximum Gasteiger partial charge on any atom is 0.243 e. The van der Waals surface area contributed by atoms with Gasteiger partial charge in [0.2, 0.25) is 5.91 Å². The first kappa shape index (κ1) is 12.3. The predicted molar refractivity (Wildman–Crippen MR) is 69.9 cm³/mol. The van der Waals surface area contributed by atoms with E-state index in [2.05, 4.69) is 4.99 Å². The predicted octanol–water partition coefficient (Wildman–Crippen LogP) is 2.52. The largest absolute Gasteiger partial charge is 0.284 e. The van der Waals surface area contributed by atoms with Crippen molar-refractivity contribution in [2.75, 3.05) is 0 Å². The third kappa shape index (κ3) is 2.55. The third-order valence-corrected chi connectivity index (χ3v) is 2.55. The first-order valence-corrected chi connectivity index (χ1v) is 5.61. The minimum Gasteiger partial charge on any atom is -0.284 e. The van der Waals surface area contributed by atoms with Gasteiger partial charge in [-0.25, -0.2) is 10.1 Å². The summed E-state index contributed by atoms with van der Waals surface area (Å²) in [5.74, 6) is -0.262. The summed E-state index contributed by atoms with van der Waals surface area (Å²) in [6.45, 7) is 3.34. The van der Waals surface area contributed by atoms with E-state index in [1.807, 2.05) is 31.2 Å². The maximum atomic E-state index is 11.2. The summed E-state index contributed by atoms with van der Waals surface area (Å²) < 4.78 is 0. The van der Waals surface area contributed by atoms with Crippen molar-refractivity contribution in [1.29, 1.82) is 0 Å². The number of hydroxylamine groups is 2. The number of aliphatic imine (C=N–C) groups is 1. The number of rotatable bonds is 0. The zero-order valence-corrected chi connectivity index (χ0v) is 10.3. The summed E-state index contributed by atoms with van der Waals surface area (Å²) in [6, 6.07) is 0. The van der Waals surface area contributed by atoms with E-state index in [-0.39, 0.29) is 5.91 Å². The Morgan fingerprint density at radius 1 is 1.28 bits per heavy atom. The van der Waals surface area contributed by atoms with Crippen LogP contribution < -0.4 is 0 Å². The molecule has 0 fully saturated rings. The lowest BCUT2D eigenvalue weighted by molar-refractivity contribution is -0.115. The Balaban J connectivity index is 2.52. The summed E-state index contributed by atoms with van der Waals surface area (Å²) in [7, 11) is 0. The van der Waals surface area contributed by atoms with Gasteiger partial charge >= 0.3 is 0 Å². The first-order valence-electron chi connectivity index (χ1n) is 5.61. The molecule has 0 atom stereocenters. The van der Waals surface area contributed by atoms with E-state index in [1.54, 1.807) is 12.2 Å². The van der Waals surface area contributed by atoms with Crippen LogP contribution in [0, 0.1) is 0 Å². The second-order valence-electron chi connectivity index (χ2n) is 4.08. The van der Waals surface area contributed by atoms with Gasteiger partial charge < -0.3 is 0 Å². The molecule has 0 saturated heterocycles. The van der Waals surface area contributed by atoms with Gasteiger partial charge in [-0.05, 0) is 30.7 Å². The molecule has 4 nitrogen and oxygen atoms in total. The fraction of sp³-hybridized carbons (Fsp3) is 0.143. The fourth-order valence-corrected chi connectivity index (χ4v) is 1.77. The lowest BCUT2D eigenvalue weighted by Gasteiger charge is -2.20. The van der Waals surface area contributed by atoms with E-state index in [4.69, 9.17) is 0 Å². The summed E-state index contributed by atoms with van der Waals surface area (Å²) in [5, 5.41) is 10.8. The summed E-state index contributed by atoms with van der Waals surface area (Å²) >= 11 is 0. The zero-order chi connectivity index (χ0) is 13.1. The third-order valence-electron chi connectivity index (χ3n) is 2.55. The molecule has 1 aliphatic heterocycles. The molecule has 0 radical (unpaired) electrons. The Kier molecular flexibility index (Phi) is 3.39. The van der Waals surface area contributed by atoms with Crippen LogP contribution >= 0.6 is 0 Å². The first-order chi connectivity index (χ1) is 8.58. The van der Waals surface area contributed by atoms with Gasteiger partial charge in [0, 0.05) is 18.7 Å². The standard InChI is InChI=1S/C14H14N2O2/c1-10-6-7-12(13(9-10)15-11(2)17)14-5-3-4-8-16(14)18/h3-9,18H,1-2H3/b14-12-,15-13?. The van der Waals surface area contributed by atoms with Crippen molar-refractivity contribution in [3.63, 3.8) is 0 Å². The highest BCUT2D eigenvalue weighted by Crippen LogP contribution is 2.22. The second kappa shape index (κ2) is 4.98. The molecule has 1 heterocycles. The van der Waals surface area contributed by atoms with Crippen LogP contribution in [-0.2, 0) is 4.79 Å². The number of carbonyl (C=O) groups is 1. The van der Waals surface area contributed by atoms with Crippen LogP contribution in [0.15, 0.2) is 64.5 Å². The van der Waals surface area contributed by atoms with Gasteiger partial charge in [-0.15, -0.1) is 0 Å². The molecule has 1 amide bonds. The molecule has 1 aliphatic carbocycles. The molecule has 0 aromatic heterocycles. The normalized spacial score (nSPS) is 24.7. The Labute approximate surface area is 106 Å². The van der Waals surface area contributed by atoms with Crippen LogP contribution in [0.25, 0.3) is 0 Å². The van der Waals surface area contributed by atoms with Crippen LogP contribution in [-0.4, -0.2) is 21.9 Å². The minimum absolute atomic E-state index is 0.262. The molecule has 0 aromatic rings. The monoisotopic (exact) mass is 242 g/mol. The Morgan fingerprint density at radius 2 is 2.06 bits per heavy atom. The molecular weight excluding hydrogens is 228 g/mol. The van der Waals surface area contributed by atoms with Crippen molar-refractivity contribution in [3.05, 3.63) is 59.5 Å². The lowest BCUT2D eigenvalue weighted by atomic mass is 9.98. The number of nitrogens with zero attached hydrogens (tertiary/aromatic N) is 2. The van der Waals surface area contributed by atoms with Crippen LogP contribution in [0.5, 0.6) is 0 Å². The van der Waals surface area contributed by atoms with Gasteiger partial charge in [0.25, 0.3) is 0 Å². The molecule has 4 heteroatoms. The molecular formula is C14H14N2O2. The molecule has 92 valence electrons. The van der Waals surface area contributed by atoms with Crippen molar-refractivity contribution in [1.82, 2.24) is 5.06 Å². The second-order valence-corrected chi connectivity index (χ2v) is 4.08. The molecule has 0 bridgehead atoms. The number of allylic oxidation sites excluding steroid dienone is 8. The van der Waals surface area contributed by atoms with Gasteiger partial charge in [0.05, 0.1) is 11.4 Å². The van der Waals surface area contributed by atoms with E-state index in [9.17, 15) is 10.0 Å². The number of hydrogen-bond donors (Lipinski definition) is 1. The van der Waals surface area contributed by atoms with Gasteiger partial charge in [-0.2, -0.15) is 0 Å². The summed E-state index contributed by atoms with van der Waals surface area (Å²) in [6.07, 6.45) is 12.4. The summed E-state index contributed by atoms with van der Waals surface area (Å²) in [4.78, 5) is 15.1. The van der Waals surface area contributed by atoms with Gasteiger partial charge in [0.1, 0.15) is 0 Å². The molecule has 2 rings (SSSR count). The zero-order valence-electron chi connectivity index (χ0n) is 10.3. The highest BCUT2D eigenvalue weighted by atomic mass is 16.5. The molecule has 1 N–H and O–H groups in total. The number of carbonyl (C=O) groups excluding carboxylic acids is 1. The van der Waals surface area contributed by atoms with Crippen LogP contribution in [0.4, 0.5) is 0 Å². The Morgan fingerprint density at radius 3 is 2.72 bits per heavy atom. The maximum absolute atomic E-state index is 11.2. The van der Waals surface area contributed by atoms with Gasteiger partial charge in [0.15, 0.2) is 0 Å². The average Bonchev–Trinajstić information content (AvgIpc) is 2.30. The highest BCUT2D eigenvalue weighted by Gasteiger charge is 2.16. The lowest BCUT2D eigenvalue weighted by Crippen LogP contribution is -2.18. The molecule has 0 spiro atoms. The van der Waals surface area contributed by atoms with Gasteiger partial charge in [-0.1, -0.05) is 18.2 Å². The smallest absolute Gasteiger partial charge is 0.243 e. The average molecular weight is 242 g/mol. The highest BCUT2D eigenvalue weighted by molar-refractivity contribution is 6.16. The van der Waals surface area contributed by atoms with E-state index in [0.29, 0.717) is 11.4 Å². The van der Waals surface area contributed by atoms with Crippen LogP contribution in [0.3, 0.4) is 0 Å². The Bertz CT molecular complexity index is 560. The molecule has 0 aromatic carbocycles.